The van der Waals surface area contributed by atoms with Crippen LogP contribution in [0, 0.1) is 0 Å². The van der Waals surface area contributed by atoms with Gasteiger partial charge in [0, 0.05) is 0 Å². The summed E-state index contributed by atoms with van der Waals surface area (Å²) in [7, 11) is 0. The lowest BCUT2D eigenvalue weighted by molar-refractivity contribution is -0.148. The molecule has 2 amide bonds. The molecular weight excluding hydrogens is 371 g/mol. The molecule has 9 heteroatoms. The molecule has 1 aromatic heterocycles. The van der Waals surface area contributed by atoms with Crippen molar-refractivity contribution in [1.82, 2.24) is 5.32 Å². The standard InChI is InChI=1S/C16H14Cl2N2O5/c1-9(19-15(22)12-6-3-7-24-12)16(23)25-8-13(21)20-14-10(17)4-2-5-11(14)18/h2-7,9H,8H2,1H3,(H,19,22)(H,20,21)/t9-/m0/s1. The second kappa shape index (κ2) is 8.55. The van der Waals surface area contributed by atoms with E-state index < -0.39 is 30.4 Å². The molecule has 0 bridgehead atoms. The number of halogens is 2. The lowest BCUT2D eigenvalue weighted by Gasteiger charge is -2.13. The highest BCUT2D eigenvalue weighted by atomic mass is 35.5. The summed E-state index contributed by atoms with van der Waals surface area (Å²) in [5.41, 5.74) is 0.228. The molecule has 0 fully saturated rings. The van der Waals surface area contributed by atoms with Gasteiger partial charge >= 0.3 is 5.97 Å². The monoisotopic (exact) mass is 384 g/mol. The van der Waals surface area contributed by atoms with Crippen molar-refractivity contribution in [2.24, 2.45) is 0 Å². The van der Waals surface area contributed by atoms with E-state index >= 15 is 0 Å². The number of rotatable bonds is 6. The Kier molecular flexibility index (Phi) is 6.44. The van der Waals surface area contributed by atoms with Gasteiger partial charge in [0.15, 0.2) is 12.4 Å². The van der Waals surface area contributed by atoms with E-state index in [1.807, 2.05) is 0 Å². The van der Waals surface area contributed by atoms with E-state index in [4.69, 9.17) is 32.4 Å². The SMILES string of the molecule is C[C@H](NC(=O)c1ccco1)C(=O)OCC(=O)Nc1c(Cl)cccc1Cl. The van der Waals surface area contributed by atoms with Crippen LogP contribution in [0.25, 0.3) is 0 Å². The number of hydrogen-bond acceptors (Lipinski definition) is 5. The number of anilines is 1. The smallest absolute Gasteiger partial charge is 0.328 e. The molecule has 0 spiro atoms. The van der Waals surface area contributed by atoms with Gasteiger partial charge in [-0.3, -0.25) is 9.59 Å². The van der Waals surface area contributed by atoms with Crippen LogP contribution in [0.15, 0.2) is 41.0 Å². The van der Waals surface area contributed by atoms with Crippen molar-refractivity contribution in [3.63, 3.8) is 0 Å². The van der Waals surface area contributed by atoms with Crippen LogP contribution >= 0.6 is 23.2 Å². The fourth-order valence-electron chi connectivity index (χ4n) is 1.79. The van der Waals surface area contributed by atoms with Crippen molar-refractivity contribution in [1.29, 1.82) is 0 Å². The van der Waals surface area contributed by atoms with E-state index in [2.05, 4.69) is 10.6 Å². The average Bonchev–Trinajstić information content (AvgIpc) is 3.10. The van der Waals surface area contributed by atoms with Crippen molar-refractivity contribution < 1.29 is 23.5 Å². The number of para-hydroxylation sites is 1. The first-order chi connectivity index (χ1) is 11.9. The molecule has 0 aliphatic heterocycles. The Hall–Kier alpha value is -2.51. The van der Waals surface area contributed by atoms with Crippen LogP contribution in [-0.4, -0.2) is 30.4 Å². The molecule has 0 unspecified atom stereocenters. The Morgan fingerprint density at radius 3 is 2.44 bits per heavy atom. The fourth-order valence-corrected chi connectivity index (χ4v) is 2.28. The molecule has 0 aliphatic carbocycles. The molecule has 132 valence electrons. The third-order valence-corrected chi connectivity index (χ3v) is 3.65. The summed E-state index contributed by atoms with van der Waals surface area (Å²) < 4.78 is 9.76. The largest absolute Gasteiger partial charge is 0.459 e. The normalized spacial score (nSPS) is 11.5. The summed E-state index contributed by atoms with van der Waals surface area (Å²) in [4.78, 5) is 35.4. The predicted octanol–water partition coefficient (Wildman–Crippen LogP) is 2.89. The number of amides is 2. The van der Waals surface area contributed by atoms with E-state index in [1.165, 1.54) is 19.3 Å². The van der Waals surface area contributed by atoms with E-state index in [0.29, 0.717) is 0 Å². The van der Waals surface area contributed by atoms with Crippen LogP contribution in [0.4, 0.5) is 5.69 Å². The zero-order chi connectivity index (χ0) is 18.4. The summed E-state index contributed by atoms with van der Waals surface area (Å²) in [5, 5.41) is 5.36. The van der Waals surface area contributed by atoms with Gasteiger partial charge in [-0.2, -0.15) is 0 Å². The molecule has 0 saturated heterocycles. The number of furan rings is 1. The van der Waals surface area contributed by atoms with Crippen LogP contribution in [-0.2, 0) is 14.3 Å². The highest BCUT2D eigenvalue weighted by Crippen LogP contribution is 2.29. The molecular formula is C16H14Cl2N2O5. The molecule has 0 radical (unpaired) electrons. The third-order valence-electron chi connectivity index (χ3n) is 3.02. The van der Waals surface area contributed by atoms with Crippen LogP contribution < -0.4 is 10.6 Å². The number of benzene rings is 1. The first-order valence-corrected chi connectivity index (χ1v) is 7.89. The zero-order valence-electron chi connectivity index (χ0n) is 13.0. The Balaban J connectivity index is 1.82. The summed E-state index contributed by atoms with van der Waals surface area (Å²) in [5.74, 6) is -1.90. The average molecular weight is 385 g/mol. The summed E-state index contributed by atoms with van der Waals surface area (Å²) in [6, 6.07) is 6.78. The quantitative estimate of drug-likeness (QED) is 0.746. The number of ether oxygens (including phenoxy) is 1. The molecule has 1 heterocycles. The molecule has 1 aromatic carbocycles. The maximum atomic E-state index is 11.8. The van der Waals surface area contributed by atoms with Gasteiger partial charge in [-0.1, -0.05) is 29.3 Å². The predicted molar refractivity (Wildman–Crippen MR) is 91.7 cm³/mol. The van der Waals surface area contributed by atoms with Crippen LogP contribution in [0.3, 0.4) is 0 Å². The first-order valence-electron chi connectivity index (χ1n) is 7.13. The Morgan fingerprint density at radius 2 is 1.84 bits per heavy atom. The highest BCUT2D eigenvalue weighted by molar-refractivity contribution is 6.39. The minimum absolute atomic E-state index is 0.0609. The molecule has 7 nitrogen and oxygen atoms in total. The first kappa shape index (κ1) is 18.8. The minimum atomic E-state index is -0.964. The summed E-state index contributed by atoms with van der Waals surface area (Å²) in [6.45, 7) is 0.868. The zero-order valence-corrected chi connectivity index (χ0v) is 14.6. The second-order valence-corrected chi connectivity index (χ2v) is 5.74. The number of carbonyl (C=O) groups is 3. The van der Waals surface area contributed by atoms with Crippen molar-refractivity contribution in [3.05, 3.63) is 52.4 Å². The molecule has 2 rings (SSSR count). The van der Waals surface area contributed by atoms with Gasteiger partial charge in [-0.05, 0) is 31.2 Å². The fraction of sp³-hybridized carbons (Fsp3) is 0.188. The van der Waals surface area contributed by atoms with E-state index in [0.717, 1.165) is 0 Å². The molecule has 0 saturated carbocycles. The lowest BCUT2D eigenvalue weighted by atomic mass is 10.3. The Bertz CT molecular complexity index is 757. The Morgan fingerprint density at radius 1 is 1.16 bits per heavy atom. The summed E-state index contributed by atoms with van der Waals surface area (Å²) >= 11 is 11.9. The van der Waals surface area contributed by atoms with E-state index in [-0.39, 0.29) is 21.5 Å². The number of carbonyl (C=O) groups excluding carboxylic acids is 3. The van der Waals surface area contributed by atoms with Gasteiger partial charge in [0.1, 0.15) is 6.04 Å². The van der Waals surface area contributed by atoms with Crippen molar-refractivity contribution in [2.75, 3.05) is 11.9 Å². The number of hydrogen-bond donors (Lipinski definition) is 2. The molecule has 2 aromatic rings. The number of nitrogens with one attached hydrogen (secondary N) is 2. The van der Waals surface area contributed by atoms with Crippen LogP contribution in [0.2, 0.25) is 10.0 Å². The van der Waals surface area contributed by atoms with Crippen LogP contribution in [0.5, 0.6) is 0 Å². The highest BCUT2D eigenvalue weighted by Gasteiger charge is 2.20. The van der Waals surface area contributed by atoms with Crippen molar-refractivity contribution in [3.8, 4) is 0 Å². The van der Waals surface area contributed by atoms with Crippen molar-refractivity contribution in [2.45, 2.75) is 13.0 Å². The van der Waals surface area contributed by atoms with Crippen molar-refractivity contribution >= 4 is 46.7 Å². The third kappa shape index (κ3) is 5.23. The molecule has 1 atom stereocenters. The van der Waals surface area contributed by atoms with E-state index in [1.54, 1.807) is 24.3 Å². The van der Waals surface area contributed by atoms with Gasteiger partial charge < -0.3 is 19.8 Å². The maximum Gasteiger partial charge on any atom is 0.328 e. The summed E-state index contributed by atoms with van der Waals surface area (Å²) in [6.07, 6.45) is 1.34. The van der Waals surface area contributed by atoms with Gasteiger partial charge in [0.25, 0.3) is 11.8 Å². The van der Waals surface area contributed by atoms with Crippen LogP contribution in [0.1, 0.15) is 17.5 Å². The van der Waals surface area contributed by atoms with Gasteiger partial charge in [0.2, 0.25) is 0 Å². The number of esters is 1. The lowest BCUT2D eigenvalue weighted by Crippen LogP contribution is -2.40. The molecule has 25 heavy (non-hydrogen) atoms. The topological polar surface area (TPSA) is 97.6 Å². The Labute approximate surface area is 153 Å². The molecule has 2 N–H and O–H groups in total. The second-order valence-electron chi connectivity index (χ2n) is 4.92. The molecule has 0 aliphatic rings. The van der Waals surface area contributed by atoms with Gasteiger partial charge in [-0.15, -0.1) is 0 Å². The minimum Gasteiger partial charge on any atom is -0.459 e. The van der Waals surface area contributed by atoms with Gasteiger partial charge in [0.05, 0.1) is 22.0 Å². The van der Waals surface area contributed by atoms with Gasteiger partial charge in [-0.25, -0.2) is 4.79 Å². The maximum absolute atomic E-state index is 11.8. The van der Waals surface area contributed by atoms with E-state index in [9.17, 15) is 14.4 Å².